The number of rotatable bonds is 2. The number of anilines is 1. The van der Waals surface area contributed by atoms with Crippen LogP contribution in [0, 0.1) is 5.92 Å². The molecule has 2 aliphatic heterocycles. The van der Waals surface area contributed by atoms with Gasteiger partial charge in [-0.2, -0.15) is 0 Å². The minimum absolute atomic E-state index is 0.0337. The second kappa shape index (κ2) is 7.21. The molecule has 0 radical (unpaired) electrons. The molecule has 130 valence electrons. The smallest absolute Gasteiger partial charge is 0.321 e. The predicted octanol–water partition coefficient (Wildman–Crippen LogP) is 1.88. The maximum atomic E-state index is 13.1. The monoisotopic (exact) mass is 330 g/mol. The molecule has 0 spiro atoms. The summed E-state index contributed by atoms with van der Waals surface area (Å²) in [5.41, 5.74) is 1.80. The lowest BCUT2D eigenvalue weighted by Crippen LogP contribution is -2.56. The Hall–Kier alpha value is -2.08. The number of fused-ring (bicyclic) bond motifs is 1. The summed E-state index contributed by atoms with van der Waals surface area (Å²) in [6, 6.07) is 7.26. The second-order valence-electron chi connectivity index (χ2n) is 6.62. The Balaban J connectivity index is 1.94. The van der Waals surface area contributed by atoms with Gasteiger partial charge in [-0.15, -0.1) is 0 Å². The number of benzene rings is 1. The zero-order chi connectivity index (χ0) is 17.1. The highest BCUT2D eigenvalue weighted by atomic mass is 16.2. The van der Waals surface area contributed by atoms with Crippen LogP contribution >= 0.6 is 0 Å². The van der Waals surface area contributed by atoms with Crippen molar-refractivity contribution in [2.75, 3.05) is 31.5 Å². The summed E-state index contributed by atoms with van der Waals surface area (Å²) in [6.45, 7) is 7.54. The van der Waals surface area contributed by atoms with E-state index >= 15 is 0 Å². The quantitative estimate of drug-likeness (QED) is 0.870. The van der Waals surface area contributed by atoms with Crippen LogP contribution < -0.4 is 10.6 Å². The zero-order valence-electron chi connectivity index (χ0n) is 14.4. The maximum absolute atomic E-state index is 13.1. The number of nitrogens with one attached hydrogen (secondary N) is 2. The van der Waals surface area contributed by atoms with E-state index in [9.17, 15) is 9.59 Å². The summed E-state index contributed by atoms with van der Waals surface area (Å²) in [7, 11) is 0. The van der Waals surface area contributed by atoms with Crippen molar-refractivity contribution in [2.24, 2.45) is 5.92 Å². The Morgan fingerprint density at radius 1 is 1.29 bits per heavy atom. The first kappa shape index (κ1) is 16.8. The minimum Gasteiger partial charge on any atom is -0.324 e. The number of urea groups is 1. The van der Waals surface area contributed by atoms with Crippen molar-refractivity contribution in [2.45, 2.75) is 32.9 Å². The lowest BCUT2D eigenvalue weighted by Gasteiger charge is -2.37. The molecular weight excluding hydrogens is 304 g/mol. The molecule has 0 bridgehead atoms. The second-order valence-corrected chi connectivity index (χ2v) is 6.62. The molecule has 3 amide bonds. The Kier molecular flexibility index (Phi) is 5.04. The Bertz CT molecular complexity index is 613. The van der Waals surface area contributed by atoms with E-state index in [1.165, 1.54) is 0 Å². The molecule has 2 N–H and O–H groups in total. The number of carbonyl (C=O) groups is 2. The van der Waals surface area contributed by atoms with Gasteiger partial charge in [0.15, 0.2) is 0 Å². The molecule has 1 fully saturated rings. The van der Waals surface area contributed by atoms with Crippen molar-refractivity contribution < 1.29 is 9.59 Å². The molecule has 2 heterocycles. The molecule has 0 unspecified atom stereocenters. The highest BCUT2D eigenvalue weighted by Crippen LogP contribution is 2.28. The normalized spacial score (nSPS) is 22.4. The van der Waals surface area contributed by atoms with Gasteiger partial charge in [0.1, 0.15) is 6.04 Å². The number of piperazine rings is 1. The zero-order valence-corrected chi connectivity index (χ0v) is 14.4. The molecule has 2 atom stereocenters. The molecular formula is C18H26N4O2. The molecule has 24 heavy (non-hydrogen) atoms. The van der Waals surface area contributed by atoms with E-state index in [1.54, 1.807) is 4.90 Å². The van der Waals surface area contributed by atoms with Gasteiger partial charge in [-0.1, -0.05) is 38.5 Å². The Morgan fingerprint density at radius 3 is 2.71 bits per heavy atom. The molecule has 1 aromatic carbocycles. The summed E-state index contributed by atoms with van der Waals surface area (Å²) in [5, 5.41) is 6.27. The van der Waals surface area contributed by atoms with Crippen molar-refractivity contribution in [3.8, 4) is 0 Å². The third kappa shape index (κ3) is 3.24. The van der Waals surface area contributed by atoms with Crippen molar-refractivity contribution in [3.63, 3.8) is 0 Å². The van der Waals surface area contributed by atoms with Gasteiger partial charge >= 0.3 is 6.03 Å². The fourth-order valence-corrected chi connectivity index (χ4v) is 3.42. The van der Waals surface area contributed by atoms with Crippen LogP contribution in [0.1, 0.15) is 25.8 Å². The molecule has 0 aromatic heterocycles. The topological polar surface area (TPSA) is 64.7 Å². The predicted molar refractivity (Wildman–Crippen MR) is 93.7 cm³/mol. The van der Waals surface area contributed by atoms with E-state index in [0.29, 0.717) is 19.6 Å². The van der Waals surface area contributed by atoms with E-state index in [-0.39, 0.29) is 17.9 Å². The van der Waals surface area contributed by atoms with Gasteiger partial charge in [0, 0.05) is 31.9 Å². The minimum atomic E-state index is -0.440. The van der Waals surface area contributed by atoms with Crippen LogP contribution in [0.25, 0.3) is 0 Å². The average Bonchev–Trinajstić information content (AvgIpc) is 2.77. The van der Waals surface area contributed by atoms with Gasteiger partial charge in [0.2, 0.25) is 5.91 Å². The van der Waals surface area contributed by atoms with Crippen LogP contribution in [0.3, 0.4) is 0 Å². The van der Waals surface area contributed by atoms with E-state index < -0.39 is 6.04 Å². The summed E-state index contributed by atoms with van der Waals surface area (Å²) in [6.07, 6.45) is 0.847. The van der Waals surface area contributed by atoms with Crippen LogP contribution in [-0.4, -0.2) is 54.0 Å². The first-order valence-corrected chi connectivity index (χ1v) is 8.77. The van der Waals surface area contributed by atoms with Gasteiger partial charge < -0.3 is 20.4 Å². The largest absolute Gasteiger partial charge is 0.324 e. The first-order valence-electron chi connectivity index (χ1n) is 8.77. The van der Waals surface area contributed by atoms with E-state index in [4.69, 9.17) is 0 Å². The summed E-state index contributed by atoms with van der Waals surface area (Å²) < 4.78 is 0. The fraction of sp³-hybridized carbons (Fsp3) is 0.556. The SMILES string of the molecule is CC[C@H](C)[C@H]1C(=O)Nc2ccccc2CN1C(=O)N1CCNCC1. The molecule has 3 rings (SSSR count). The molecule has 1 aromatic rings. The van der Waals surface area contributed by atoms with E-state index in [2.05, 4.69) is 17.6 Å². The van der Waals surface area contributed by atoms with Crippen LogP contribution in [0.5, 0.6) is 0 Å². The Morgan fingerprint density at radius 2 is 2.00 bits per heavy atom. The molecule has 0 aliphatic carbocycles. The standard InChI is InChI=1S/C18H26N4O2/c1-3-13(2)16-17(23)20-15-7-5-4-6-14(15)12-22(16)18(24)21-10-8-19-9-11-21/h4-7,13,16,19H,3,8-12H2,1-2H3,(H,20,23)/t13-,16-/m0/s1. The molecule has 0 saturated carbocycles. The summed E-state index contributed by atoms with van der Waals surface area (Å²) in [5.74, 6) is 0.0176. The average molecular weight is 330 g/mol. The van der Waals surface area contributed by atoms with Crippen molar-refractivity contribution >= 4 is 17.6 Å². The van der Waals surface area contributed by atoms with Crippen molar-refractivity contribution in [1.82, 2.24) is 15.1 Å². The van der Waals surface area contributed by atoms with Gasteiger partial charge in [-0.25, -0.2) is 4.79 Å². The van der Waals surface area contributed by atoms with Gasteiger partial charge in [0.05, 0.1) is 6.54 Å². The van der Waals surface area contributed by atoms with Gasteiger partial charge in [-0.3, -0.25) is 4.79 Å². The van der Waals surface area contributed by atoms with Gasteiger partial charge in [-0.05, 0) is 17.5 Å². The highest BCUT2D eigenvalue weighted by Gasteiger charge is 2.38. The number of nitrogens with zero attached hydrogens (tertiary/aromatic N) is 2. The number of carbonyl (C=O) groups excluding carboxylic acids is 2. The third-order valence-electron chi connectivity index (χ3n) is 5.04. The number of hydrogen-bond acceptors (Lipinski definition) is 3. The molecule has 6 heteroatoms. The third-order valence-corrected chi connectivity index (χ3v) is 5.04. The van der Waals surface area contributed by atoms with Crippen LogP contribution in [0.2, 0.25) is 0 Å². The maximum Gasteiger partial charge on any atom is 0.321 e. The van der Waals surface area contributed by atoms with Gasteiger partial charge in [0.25, 0.3) is 0 Å². The molecule has 6 nitrogen and oxygen atoms in total. The van der Waals surface area contributed by atoms with Crippen molar-refractivity contribution in [3.05, 3.63) is 29.8 Å². The molecule has 1 saturated heterocycles. The summed E-state index contributed by atoms with van der Waals surface area (Å²) >= 11 is 0. The molecule has 2 aliphatic rings. The highest BCUT2D eigenvalue weighted by molar-refractivity contribution is 5.98. The lowest BCUT2D eigenvalue weighted by atomic mass is 9.97. The van der Waals surface area contributed by atoms with E-state index in [0.717, 1.165) is 30.8 Å². The van der Waals surface area contributed by atoms with Crippen LogP contribution in [0.15, 0.2) is 24.3 Å². The van der Waals surface area contributed by atoms with E-state index in [1.807, 2.05) is 36.1 Å². The van der Waals surface area contributed by atoms with Crippen LogP contribution in [0.4, 0.5) is 10.5 Å². The number of para-hydroxylation sites is 1. The lowest BCUT2D eigenvalue weighted by molar-refractivity contribution is -0.122. The fourth-order valence-electron chi connectivity index (χ4n) is 3.42. The Labute approximate surface area is 143 Å². The van der Waals surface area contributed by atoms with Crippen LogP contribution in [-0.2, 0) is 11.3 Å². The summed E-state index contributed by atoms with van der Waals surface area (Å²) in [4.78, 5) is 29.6. The number of amides is 3. The number of hydrogen-bond donors (Lipinski definition) is 2. The first-order chi connectivity index (χ1) is 11.6. The van der Waals surface area contributed by atoms with Crippen molar-refractivity contribution in [1.29, 1.82) is 0 Å².